The summed E-state index contributed by atoms with van der Waals surface area (Å²) >= 11 is 0. The van der Waals surface area contributed by atoms with Crippen molar-refractivity contribution in [3.05, 3.63) is 0 Å². The van der Waals surface area contributed by atoms with Crippen LogP contribution in [-0.4, -0.2) is 4.89 Å². The average molecular weight is 161 g/mol. The highest BCUT2D eigenvalue weighted by Gasteiger charge is 1.89. The molecular weight excluding hydrogens is 149 g/mol. The normalized spacial score (nSPS) is 11.5. The Labute approximate surface area is 62.5 Å². The van der Waals surface area contributed by atoms with E-state index in [1.807, 2.05) is 0 Å². The molecule has 0 fully saturated rings. The fraction of sp³-hybridized carbons (Fsp3) is 0.667. The van der Waals surface area contributed by atoms with E-state index in [4.69, 9.17) is 10.4 Å². The topological polar surface area (TPSA) is 55.5 Å². The molecule has 0 amide bonds. The summed E-state index contributed by atoms with van der Waals surface area (Å²) in [7, 11) is -1.79. The Hall–Kier alpha value is -0.290. The zero-order valence-electron chi connectivity index (χ0n) is 6.00. The molecule has 0 spiro atoms. The quantitative estimate of drug-likeness (QED) is 0.373. The lowest BCUT2D eigenvalue weighted by molar-refractivity contribution is 0.464. The summed E-state index contributed by atoms with van der Waals surface area (Å²) in [6.07, 6.45) is 5.30. The van der Waals surface area contributed by atoms with Crippen LogP contribution in [0.3, 0.4) is 0 Å². The Balaban J connectivity index is 3.14. The molecular formula is C6H12NO2P. The molecule has 0 saturated heterocycles. The van der Waals surface area contributed by atoms with Crippen molar-refractivity contribution in [3.63, 3.8) is 0 Å². The summed E-state index contributed by atoms with van der Waals surface area (Å²) in [6.45, 7) is 2.09. The zero-order chi connectivity index (χ0) is 7.82. The van der Waals surface area contributed by atoms with E-state index in [9.17, 15) is 0 Å². The van der Waals surface area contributed by atoms with E-state index >= 15 is 0 Å². The summed E-state index contributed by atoms with van der Waals surface area (Å²) in [4.78, 5) is 8.43. The first-order valence-corrected chi connectivity index (χ1v) is 4.44. The van der Waals surface area contributed by atoms with Gasteiger partial charge in [0.1, 0.15) is 6.11 Å². The van der Waals surface area contributed by atoms with E-state index in [1.165, 1.54) is 0 Å². The van der Waals surface area contributed by atoms with Crippen LogP contribution in [0.1, 0.15) is 26.2 Å². The highest BCUT2D eigenvalue weighted by Crippen LogP contribution is 2.17. The first-order chi connectivity index (χ1) is 4.77. The minimum absolute atomic E-state index is 0.805. The molecule has 0 aliphatic heterocycles. The molecule has 3 nitrogen and oxygen atoms in total. The molecule has 0 aromatic rings. The summed E-state index contributed by atoms with van der Waals surface area (Å²) in [5.41, 5.74) is 4.90. The molecule has 0 aliphatic carbocycles. The van der Waals surface area contributed by atoms with Gasteiger partial charge in [-0.15, -0.1) is 0 Å². The molecule has 4 heteroatoms. The van der Waals surface area contributed by atoms with E-state index in [-0.39, 0.29) is 0 Å². The van der Waals surface area contributed by atoms with Gasteiger partial charge in [-0.05, 0) is 6.42 Å². The van der Waals surface area contributed by atoms with Crippen LogP contribution in [-0.2, 0) is 4.52 Å². The van der Waals surface area contributed by atoms with E-state index in [0.717, 1.165) is 19.3 Å². The fourth-order valence-electron chi connectivity index (χ4n) is 0.395. The van der Waals surface area contributed by atoms with Gasteiger partial charge >= 0.3 is 8.53 Å². The highest BCUT2D eigenvalue weighted by atomic mass is 31.2. The third kappa shape index (κ3) is 7.71. The van der Waals surface area contributed by atoms with Crippen molar-refractivity contribution in [2.75, 3.05) is 0 Å². The number of hydrogen-bond acceptors (Lipinski definition) is 3. The Kier molecular flexibility index (Phi) is 6.63. The summed E-state index contributed by atoms with van der Waals surface area (Å²) in [6, 6.07) is 0. The van der Waals surface area contributed by atoms with Crippen LogP contribution in [0.25, 0.3) is 0 Å². The molecule has 0 aromatic carbocycles. The standard InChI is InChI=1S/C6H12NO2P/c1-2-3-4-5-6-9-10(7)8/h8H,2-4,7H2,1H3. The molecule has 3 N–H and O–H groups in total. The lowest BCUT2D eigenvalue weighted by Gasteiger charge is -1.93. The van der Waals surface area contributed by atoms with Gasteiger partial charge in [-0.2, -0.15) is 0 Å². The van der Waals surface area contributed by atoms with Gasteiger partial charge in [-0.3, -0.25) is 5.50 Å². The van der Waals surface area contributed by atoms with Gasteiger partial charge < -0.3 is 9.42 Å². The first-order valence-electron chi connectivity index (χ1n) is 3.16. The first kappa shape index (κ1) is 9.71. The molecule has 58 valence electrons. The molecule has 0 saturated carbocycles. The van der Waals surface area contributed by atoms with Gasteiger partial charge in [-0.1, -0.05) is 19.3 Å². The second kappa shape index (κ2) is 6.82. The van der Waals surface area contributed by atoms with Crippen molar-refractivity contribution in [2.24, 2.45) is 5.50 Å². The summed E-state index contributed by atoms with van der Waals surface area (Å²) < 4.78 is 4.43. The van der Waals surface area contributed by atoms with Crippen molar-refractivity contribution in [3.8, 4) is 12.0 Å². The van der Waals surface area contributed by atoms with Crippen LogP contribution in [0.5, 0.6) is 0 Å². The van der Waals surface area contributed by atoms with Gasteiger partial charge in [0.15, 0.2) is 0 Å². The number of rotatable bonds is 3. The van der Waals surface area contributed by atoms with Crippen molar-refractivity contribution in [2.45, 2.75) is 26.2 Å². The van der Waals surface area contributed by atoms with Crippen LogP contribution in [0.2, 0.25) is 0 Å². The zero-order valence-corrected chi connectivity index (χ0v) is 6.90. The molecule has 0 aromatic heterocycles. The molecule has 10 heavy (non-hydrogen) atoms. The Bertz CT molecular complexity index is 127. The monoisotopic (exact) mass is 161 g/mol. The largest absolute Gasteiger partial charge is 0.383 e. The highest BCUT2D eigenvalue weighted by molar-refractivity contribution is 7.43. The van der Waals surface area contributed by atoms with Crippen molar-refractivity contribution < 1.29 is 9.42 Å². The minimum Gasteiger partial charge on any atom is -0.383 e. The Morgan fingerprint density at radius 2 is 2.40 bits per heavy atom. The van der Waals surface area contributed by atoms with E-state index < -0.39 is 8.53 Å². The van der Waals surface area contributed by atoms with Crippen LogP contribution < -0.4 is 5.50 Å². The Morgan fingerprint density at radius 1 is 1.70 bits per heavy atom. The molecule has 0 rings (SSSR count). The summed E-state index contributed by atoms with van der Waals surface area (Å²) in [5, 5.41) is 0. The third-order valence-corrected chi connectivity index (χ3v) is 1.15. The molecule has 1 atom stereocenters. The number of hydrogen-bond donors (Lipinski definition) is 2. The van der Waals surface area contributed by atoms with E-state index in [1.54, 1.807) is 0 Å². The van der Waals surface area contributed by atoms with Gasteiger partial charge in [0.05, 0.1) is 0 Å². The van der Waals surface area contributed by atoms with Crippen LogP contribution in [0.4, 0.5) is 0 Å². The number of nitrogens with two attached hydrogens (primary N) is 1. The summed E-state index contributed by atoms with van der Waals surface area (Å²) in [5.74, 6) is 2.72. The smallest absolute Gasteiger partial charge is 0.321 e. The maximum atomic E-state index is 8.43. The molecule has 1 unspecified atom stereocenters. The van der Waals surface area contributed by atoms with E-state index in [2.05, 4.69) is 23.5 Å². The molecule has 0 aliphatic rings. The van der Waals surface area contributed by atoms with Crippen LogP contribution in [0.15, 0.2) is 0 Å². The maximum absolute atomic E-state index is 8.43. The lowest BCUT2D eigenvalue weighted by Crippen LogP contribution is -1.85. The number of unbranched alkanes of at least 4 members (excludes halogenated alkanes) is 2. The van der Waals surface area contributed by atoms with Crippen molar-refractivity contribution in [1.29, 1.82) is 0 Å². The van der Waals surface area contributed by atoms with Gasteiger partial charge in [0.25, 0.3) is 0 Å². The second-order valence-corrected chi connectivity index (χ2v) is 2.56. The second-order valence-electron chi connectivity index (χ2n) is 1.78. The van der Waals surface area contributed by atoms with Crippen LogP contribution >= 0.6 is 8.53 Å². The molecule has 0 bridgehead atoms. The predicted octanol–water partition coefficient (Wildman–Crippen LogP) is 1.33. The van der Waals surface area contributed by atoms with Crippen molar-refractivity contribution in [1.82, 2.24) is 0 Å². The predicted molar refractivity (Wildman–Crippen MR) is 41.7 cm³/mol. The fourth-order valence-corrected chi connectivity index (χ4v) is 0.553. The van der Waals surface area contributed by atoms with Gasteiger partial charge in [0.2, 0.25) is 0 Å². The lowest BCUT2D eigenvalue weighted by atomic mass is 10.3. The van der Waals surface area contributed by atoms with Gasteiger partial charge in [-0.25, -0.2) is 0 Å². The average Bonchev–Trinajstić information content (AvgIpc) is 1.87. The van der Waals surface area contributed by atoms with E-state index in [0.29, 0.717) is 0 Å². The maximum Gasteiger partial charge on any atom is 0.321 e. The molecule has 0 heterocycles. The minimum atomic E-state index is -1.79. The third-order valence-electron chi connectivity index (χ3n) is 0.867. The Morgan fingerprint density at radius 3 is 2.90 bits per heavy atom. The van der Waals surface area contributed by atoms with Gasteiger partial charge in [0, 0.05) is 6.42 Å². The SMILES string of the molecule is CCCCC#COP(N)O. The molecule has 0 radical (unpaired) electrons. The van der Waals surface area contributed by atoms with Crippen LogP contribution in [0, 0.1) is 12.0 Å². The van der Waals surface area contributed by atoms with Crippen molar-refractivity contribution >= 4 is 8.53 Å².